The molecule has 1 atom stereocenters. The van der Waals surface area contributed by atoms with Gasteiger partial charge in [0.2, 0.25) is 5.91 Å². The molecule has 0 radical (unpaired) electrons. The number of para-hydroxylation sites is 1. The van der Waals surface area contributed by atoms with Gasteiger partial charge in [-0.25, -0.2) is 0 Å². The van der Waals surface area contributed by atoms with Crippen LogP contribution in [0.3, 0.4) is 0 Å². The number of carbonyl (C=O) groups excluding carboxylic acids is 1. The fraction of sp³-hybridized carbons (Fsp3) is 0.267. The molecule has 188 valence electrons. The van der Waals surface area contributed by atoms with Gasteiger partial charge in [-0.05, 0) is 49.6 Å². The number of rotatable bonds is 7. The predicted octanol–water partition coefficient (Wildman–Crippen LogP) is 6.14. The third kappa shape index (κ3) is 4.60. The molecule has 1 aliphatic rings. The number of aromatic nitrogens is 4. The Morgan fingerprint density at radius 3 is 2.43 bits per heavy atom. The summed E-state index contributed by atoms with van der Waals surface area (Å²) in [7, 11) is 0. The number of nitrogens with zero attached hydrogens (tertiary/aromatic N) is 5. The van der Waals surface area contributed by atoms with Crippen molar-refractivity contribution in [2.75, 3.05) is 10.7 Å². The van der Waals surface area contributed by atoms with E-state index in [1.165, 1.54) is 22.9 Å². The van der Waals surface area contributed by atoms with Crippen LogP contribution in [0.4, 0.5) is 5.69 Å². The number of fused-ring (bicyclic) bond motifs is 1. The van der Waals surface area contributed by atoms with Crippen molar-refractivity contribution in [1.29, 1.82) is 0 Å². The Bertz CT molecular complexity index is 1420. The maximum Gasteiger partial charge on any atom is 0.237 e. The normalized spacial score (nSPS) is 18.3. The van der Waals surface area contributed by atoms with E-state index in [2.05, 4.69) is 85.0 Å². The maximum atomic E-state index is 13.9. The van der Waals surface area contributed by atoms with E-state index in [1.807, 2.05) is 39.8 Å². The zero-order valence-electron chi connectivity index (χ0n) is 21.5. The number of allylic oxidation sites excluding steroid dienone is 1. The molecule has 2 aromatic heterocycles. The van der Waals surface area contributed by atoms with Gasteiger partial charge in [0.15, 0.2) is 11.0 Å². The largest absolute Gasteiger partial charge is 0.306 e. The quantitative estimate of drug-likeness (QED) is 0.221. The highest BCUT2D eigenvalue weighted by Gasteiger charge is 2.47. The molecule has 37 heavy (non-hydrogen) atoms. The van der Waals surface area contributed by atoms with Gasteiger partial charge in [-0.3, -0.25) is 14.3 Å². The molecule has 7 heteroatoms. The summed E-state index contributed by atoms with van der Waals surface area (Å²) in [6.07, 6.45) is 6.10. The zero-order chi connectivity index (χ0) is 26.0. The monoisotopic (exact) mass is 509 g/mol. The molecule has 3 heterocycles. The Labute approximate surface area is 222 Å². The van der Waals surface area contributed by atoms with Crippen LogP contribution in [0.5, 0.6) is 0 Å². The highest BCUT2D eigenvalue weighted by molar-refractivity contribution is 7.99. The average molecular weight is 510 g/mol. The molecule has 1 amide bonds. The fourth-order valence-electron chi connectivity index (χ4n) is 5.63. The summed E-state index contributed by atoms with van der Waals surface area (Å²) in [5.41, 5.74) is 3.75. The zero-order valence-corrected chi connectivity index (χ0v) is 22.3. The summed E-state index contributed by atoms with van der Waals surface area (Å²) in [6.45, 7) is 11.1. The van der Waals surface area contributed by atoms with Gasteiger partial charge >= 0.3 is 0 Å². The molecular weight excluding hydrogens is 478 g/mol. The van der Waals surface area contributed by atoms with Crippen molar-refractivity contribution in [2.45, 2.75) is 49.8 Å². The summed E-state index contributed by atoms with van der Waals surface area (Å²) < 4.78 is 1.99. The molecule has 5 rings (SSSR count). The predicted molar refractivity (Wildman–Crippen MR) is 150 cm³/mol. The topological polar surface area (TPSA) is 63.9 Å². The van der Waals surface area contributed by atoms with Crippen LogP contribution in [0, 0.1) is 0 Å². The van der Waals surface area contributed by atoms with Crippen LogP contribution in [0.2, 0.25) is 0 Å². The second-order valence-corrected chi connectivity index (χ2v) is 11.1. The van der Waals surface area contributed by atoms with E-state index in [4.69, 9.17) is 0 Å². The van der Waals surface area contributed by atoms with Crippen LogP contribution in [-0.4, -0.2) is 36.9 Å². The van der Waals surface area contributed by atoms with E-state index in [0.29, 0.717) is 11.7 Å². The van der Waals surface area contributed by atoms with Gasteiger partial charge in [-0.15, -0.1) is 16.8 Å². The molecule has 1 unspecified atom stereocenters. The summed E-state index contributed by atoms with van der Waals surface area (Å²) >= 11 is 1.41. The van der Waals surface area contributed by atoms with E-state index in [1.54, 1.807) is 12.4 Å². The molecule has 0 fully saturated rings. The van der Waals surface area contributed by atoms with E-state index in [9.17, 15) is 4.79 Å². The van der Waals surface area contributed by atoms with Gasteiger partial charge in [0, 0.05) is 41.1 Å². The Kier molecular flexibility index (Phi) is 6.73. The SMILES string of the molecule is C=CCn1c(SCC(=O)N2c3ccccc3C(C)(c3ccccc3)CC2(C)C)nnc1-c1ccncc1. The van der Waals surface area contributed by atoms with Crippen molar-refractivity contribution in [3.05, 3.63) is 103 Å². The molecule has 0 spiro atoms. The third-order valence-corrected chi connectivity index (χ3v) is 8.03. The fourth-order valence-corrected chi connectivity index (χ4v) is 6.43. The summed E-state index contributed by atoms with van der Waals surface area (Å²) in [5, 5.41) is 9.50. The molecule has 4 aromatic rings. The molecule has 0 saturated carbocycles. The summed E-state index contributed by atoms with van der Waals surface area (Å²) in [4.78, 5) is 19.9. The molecular formula is C30H31N5OS. The summed E-state index contributed by atoms with van der Waals surface area (Å²) in [6, 6.07) is 22.7. The number of hydrogen-bond donors (Lipinski definition) is 0. The third-order valence-electron chi connectivity index (χ3n) is 7.08. The number of thioether (sulfide) groups is 1. The number of hydrogen-bond acceptors (Lipinski definition) is 5. The highest BCUT2D eigenvalue weighted by atomic mass is 32.2. The van der Waals surface area contributed by atoms with E-state index in [-0.39, 0.29) is 22.6 Å². The van der Waals surface area contributed by atoms with Crippen molar-refractivity contribution in [1.82, 2.24) is 19.7 Å². The maximum absolute atomic E-state index is 13.9. The van der Waals surface area contributed by atoms with Crippen LogP contribution < -0.4 is 4.90 Å². The number of benzene rings is 2. The van der Waals surface area contributed by atoms with Gasteiger partial charge in [-0.1, -0.05) is 73.3 Å². The van der Waals surface area contributed by atoms with E-state index < -0.39 is 0 Å². The molecule has 0 saturated heterocycles. The van der Waals surface area contributed by atoms with Gasteiger partial charge in [0.1, 0.15) is 0 Å². The van der Waals surface area contributed by atoms with Crippen LogP contribution in [-0.2, 0) is 16.8 Å². The Balaban J connectivity index is 1.45. The van der Waals surface area contributed by atoms with E-state index >= 15 is 0 Å². The van der Waals surface area contributed by atoms with Crippen molar-refractivity contribution in [3.8, 4) is 11.4 Å². The molecule has 1 aliphatic heterocycles. The number of carbonyl (C=O) groups is 1. The molecule has 0 bridgehead atoms. The first-order valence-corrected chi connectivity index (χ1v) is 13.4. The standard InChI is InChI=1S/C30H31N5OS/c1-5-19-34-27(22-15-17-31-18-16-22)32-33-28(34)37-20-26(36)35-25-14-10-9-13-24(25)30(4,21-29(35,2)3)23-11-7-6-8-12-23/h5-18H,1,19-21H2,2-4H3. The van der Waals surface area contributed by atoms with Gasteiger partial charge in [0.25, 0.3) is 0 Å². The highest BCUT2D eigenvalue weighted by Crippen LogP contribution is 2.50. The van der Waals surface area contributed by atoms with Crippen LogP contribution >= 0.6 is 11.8 Å². The van der Waals surface area contributed by atoms with Crippen molar-refractivity contribution < 1.29 is 4.79 Å². The molecule has 2 aromatic carbocycles. The minimum atomic E-state index is -0.381. The lowest BCUT2D eigenvalue weighted by Crippen LogP contribution is -2.56. The van der Waals surface area contributed by atoms with Crippen LogP contribution in [0.15, 0.2) is 96.9 Å². The van der Waals surface area contributed by atoms with Gasteiger partial charge in [-0.2, -0.15) is 0 Å². The summed E-state index contributed by atoms with van der Waals surface area (Å²) in [5.74, 6) is 1.04. The first kappa shape index (κ1) is 25.0. The smallest absolute Gasteiger partial charge is 0.237 e. The van der Waals surface area contributed by atoms with Crippen LogP contribution in [0.25, 0.3) is 11.4 Å². The average Bonchev–Trinajstić information content (AvgIpc) is 3.30. The lowest BCUT2D eigenvalue weighted by Gasteiger charge is -2.51. The van der Waals surface area contributed by atoms with Crippen molar-refractivity contribution >= 4 is 23.4 Å². The molecule has 0 aliphatic carbocycles. The Morgan fingerprint density at radius 2 is 1.70 bits per heavy atom. The lowest BCUT2D eigenvalue weighted by molar-refractivity contribution is -0.117. The number of anilines is 1. The Morgan fingerprint density at radius 1 is 1.00 bits per heavy atom. The van der Waals surface area contributed by atoms with Gasteiger partial charge in [0.05, 0.1) is 5.75 Å². The number of pyridine rings is 1. The molecule has 6 nitrogen and oxygen atoms in total. The lowest BCUT2D eigenvalue weighted by atomic mass is 9.65. The Hall–Kier alpha value is -3.71. The molecule has 0 N–H and O–H groups in total. The van der Waals surface area contributed by atoms with E-state index in [0.717, 1.165) is 23.5 Å². The van der Waals surface area contributed by atoms with Crippen LogP contribution in [0.1, 0.15) is 38.3 Å². The second-order valence-electron chi connectivity index (χ2n) is 10.2. The first-order valence-electron chi connectivity index (χ1n) is 12.4. The second kappa shape index (κ2) is 9.98. The number of amides is 1. The van der Waals surface area contributed by atoms with Crippen molar-refractivity contribution in [3.63, 3.8) is 0 Å². The first-order chi connectivity index (χ1) is 17.8. The van der Waals surface area contributed by atoms with Gasteiger partial charge < -0.3 is 4.90 Å². The van der Waals surface area contributed by atoms with Crippen molar-refractivity contribution in [2.24, 2.45) is 0 Å². The minimum absolute atomic E-state index is 0.0520. The minimum Gasteiger partial charge on any atom is -0.306 e.